The summed E-state index contributed by atoms with van der Waals surface area (Å²) in [7, 11) is 1.87. The van der Waals surface area contributed by atoms with Crippen LogP contribution in [0.4, 0.5) is 0 Å². The van der Waals surface area contributed by atoms with Crippen LogP contribution >= 0.6 is 0 Å². The smallest absolute Gasteiger partial charge is 0.193 e. The molecular formula is C21H35N5. The molecule has 26 heavy (non-hydrogen) atoms. The zero-order valence-electron chi connectivity index (χ0n) is 16.8. The van der Waals surface area contributed by atoms with Crippen molar-refractivity contribution in [2.45, 2.75) is 26.3 Å². The summed E-state index contributed by atoms with van der Waals surface area (Å²) < 4.78 is 0. The minimum Gasteiger partial charge on any atom is -0.355 e. The Bertz CT molecular complexity index is 566. The van der Waals surface area contributed by atoms with Crippen LogP contribution in [0.1, 0.15) is 26.3 Å². The van der Waals surface area contributed by atoms with Crippen molar-refractivity contribution >= 4 is 12.0 Å². The lowest BCUT2D eigenvalue weighted by Gasteiger charge is -2.36. The second-order valence-corrected chi connectivity index (χ2v) is 7.75. The number of guanidine groups is 1. The highest BCUT2D eigenvalue weighted by Gasteiger charge is 2.18. The van der Waals surface area contributed by atoms with Gasteiger partial charge in [-0.05, 0) is 26.3 Å². The molecule has 2 N–H and O–H groups in total. The lowest BCUT2D eigenvalue weighted by atomic mass is 10.1. The topological polar surface area (TPSA) is 42.9 Å². The third-order valence-corrected chi connectivity index (χ3v) is 4.42. The van der Waals surface area contributed by atoms with Gasteiger partial charge in [-0.1, -0.05) is 42.5 Å². The minimum absolute atomic E-state index is 0.157. The summed E-state index contributed by atoms with van der Waals surface area (Å²) in [5.41, 5.74) is 1.42. The number of hydrogen-bond donors (Lipinski definition) is 2. The van der Waals surface area contributed by atoms with E-state index in [1.807, 2.05) is 7.05 Å². The molecule has 1 fully saturated rings. The average Bonchev–Trinajstić information content (AvgIpc) is 2.63. The van der Waals surface area contributed by atoms with Crippen LogP contribution in [0.5, 0.6) is 0 Å². The van der Waals surface area contributed by atoms with Crippen LogP contribution in [0.2, 0.25) is 0 Å². The molecule has 1 saturated heterocycles. The van der Waals surface area contributed by atoms with Crippen LogP contribution in [0.25, 0.3) is 6.08 Å². The molecule has 5 heteroatoms. The van der Waals surface area contributed by atoms with Crippen molar-refractivity contribution in [1.82, 2.24) is 20.4 Å². The van der Waals surface area contributed by atoms with Gasteiger partial charge in [0.2, 0.25) is 0 Å². The molecule has 0 bridgehead atoms. The zero-order chi connectivity index (χ0) is 18.8. The number of nitrogens with zero attached hydrogens (tertiary/aromatic N) is 3. The number of piperazine rings is 1. The van der Waals surface area contributed by atoms with Gasteiger partial charge in [0, 0.05) is 58.4 Å². The maximum atomic E-state index is 4.44. The zero-order valence-corrected chi connectivity index (χ0v) is 16.8. The Morgan fingerprint density at radius 3 is 2.38 bits per heavy atom. The Kier molecular flexibility index (Phi) is 8.13. The van der Waals surface area contributed by atoms with Gasteiger partial charge in [0.15, 0.2) is 5.96 Å². The molecule has 0 amide bonds. The molecule has 0 atom stereocenters. The molecule has 1 aromatic rings. The maximum Gasteiger partial charge on any atom is 0.193 e. The fourth-order valence-electron chi connectivity index (χ4n) is 2.99. The molecule has 0 unspecified atom stereocenters. The van der Waals surface area contributed by atoms with Gasteiger partial charge in [-0.3, -0.25) is 9.89 Å². The summed E-state index contributed by atoms with van der Waals surface area (Å²) in [5.74, 6) is 1.01. The van der Waals surface area contributed by atoms with Crippen LogP contribution in [0, 0.1) is 0 Å². The van der Waals surface area contributed by atoms with E-state index in [1.54, 1.807) is 0 Å². The van der Waals surface area contributed by atoms with E-state index < -0.39 is 0 Å². The highest BCUT2D eigenvalue weighted by molar-refractivity contribution is 5.80. The van der Waals surface area contributed by atoms with E-state index in [9.17, 15) is 0 Å². The number of rotatable bonds is 6. The van der Waals surface area contributed by atoms with Crippen molar-refractivity contribution in [3.05, 3.63) is 42.0 Å². The van der Waals surface area contributed by atoms with Crippen LogP contribution < -0.4 is 10.6 Å². The van der Waals surface area contributed by atoms with Crippen LogP contribution in [-0.4, -0.2) is 74.2 Å². The molecule has 0 aliphatic carbocycles. The normalized spacial score (nSPS) is 17.1. The van der Waals surface area contributed by atoms with Gasteiger partial charge in [0.05, 0.1) is 0 Å². The van der Waals surface area contributed by atoms with Gasteiger partial charge in [0.25, 0.3) is 0 Å². The molecular weight excluding hydrogens is 322 g/mol. The summed E-state index contributed by atoms with van der Waals surface area (Å²) in [6.07, 6.45) is 4.46. The largest absolute Gasteiger partial charge is 0.355 e. The van der Waals surface area contributed by atoms with Gasteiger partial charge in [-0.15, -0.1) is 0 Å². The Morgan fingerprint density at radius 2 is 1.77 bits per heavy atom. The Balaban J connectivity index is 1.68. The molecule has 1 aromatic carbocycles. The lowest BCUT2D eigenvalue weighted by Crippen LogP contribution is -2.53. The predicted octanol–water partition coefficient (Wildman–Crippen LogP) is 2.28. The number of benzene rings is 1. The van der Waals surface area contributed by atoms with Gasteiger partial charge in [-0.25, -0.2) is 0 Å². The lowest BCUT2D eigenvalue weighted by molar-refractivity contribution is 0.194. The van der Waals surface area contributed by atoms with E-state index in [2.05, 4.69) is 88.7 Å². The fraction of sp³-hybridized carbons (Fsp3) is 0.571. The molecule has 0 spiro atoms. The van der Waals surface area contributed by atoms with E-state index in [0.717, 1.165) is 51.8 Å². The van der Waals surface area contributed by atoms with Gasteiger partial charge in [-0.2, -0.15) is 0 Å². The minimum atomic E-state index is 0.157. The molecule has 0 saturated carbocycles. The van der Waals surface area contributed by atoms with Crippen LogP contribution in [-0.2, 0) is 0 Å². The SMILES string of the molecule is CN=C(NCCNC(C)(C)C)N1CCN(C/C=C/c2ccccc2)CC1. The third-order valence-electron chi connectivity index (χ3n) is 4.42. The van der Waals surface area contributed by atoms with Gasteiger partial charge >= 0.3 is 0 Å². The van der Waals surface area contributed by atoms with E-state index in [-0.39, 0.29) is 5.54 Å². The number of nitrogens with one attached hydrogen (secondary N) is 2. The molecule has 0 aromatic heterocycles. The molecule has 144 valence electrons. The maximum absolute atomic E-state index is 4.44. The Labute approximate surface area is 159 Å². The van der Waals surface area contributed by atoms with Crippen molar-refractivity contribution in [3.63, 3.8) is 0 Å². The van der Waals surface area contributed by atoms with E-state index in [1.165, 1.54) is 5.56 Å². The summed E-state index contributed by atoms with van der Waals surface area (Å²) in [5, 5.41) is 6.97. The molecule has 0 radical (unpaired) electrons. The number of hydrogen-bond acceptors (Lipinski definition) is 3. The molecule has 5 nitrogen and oxygen atoms in total. The summed E-state index contributed by atoms with van der Waals surface area (Å²) >= 11 is 0. The van der Waals surface area contributed by atoms with Crippen LogP contribution in [0.15, 0.2) is 41.4 Å². The summed E-state index contributed by atoms with van der Waals surface area (Å²) in [4.78, 5) is 9.29. The second-order valence-electron chi connectivity index (χ2n) is 7.75. The molecule has 2 rings (SSSR count). The standard InChI is InChI=1S/C21H35N5/c1-21(2,3)24-13-12-23-20(22-4)26-17-15-25(16-18-26)14-8-11-19-9-6-5-7-10-19/h5-11,24H,12-18H2,1-4H3,(H,22,23)/b11-8+. The third kappa shape index (κ3) is 7.58. The molecule has 1 aliphatic rings. The fourth-order valence-corrected chi connectivity index (χ4v) is 2.99. The predicted molar refractivity (Wildman–Crippen MR) is 113 cm³/mol. The molecule has 1 heterocycles. The van der Waals surface area contributed by atoms with Crippen molar-refractivity contribution in [2.75, 3.05) is 52.9 Å². The van der Waals surface area contributed by atoms with E-state index >= 15 is 0 Å². The summed E-state index contributed by atoms with van der Waals surface area (Å²) in [6, 6.07) is 10.5. The Morgan fingerprint density at radius 1 is 1.08 bits per heavy atom. The van der Waals surface area contributed by atoms with Gasteiger partial charge in [0.1, 0.15) is 0 Å². The van der Waals surface area contributed by atoms with Crippen molar-refractivity contribution in [1.29, 1.82) is 0 Å². The first-order valence-corrected chi connectivity index (χ1v) is 9.62. The van der Waals surface area contributed by atoms with Crippen molar-refractivity contribution in [3.8, 4) is 0 Å². The Hall–Kier alpha value is -1.85. The van der Waals surface area contributed by atoms with Crippen molar-refractivity contribution < 1.29 is 0 Å². The molecule has 1 aliphatic heterocycles. The second kappa shape index (κ2) is 10.3. The first-order chi connectivity index (χ1) is 12.5. The first-order valence-electron chi connectivity index (χ1n) is 9.62. The first kappa shape index (κ1) is 20.5. The quantitative estimate of drug-likeness (QED) is 0.466. The summed E-state index contributed by atoms with van der Waals surface area (Å²) in [6.45, 7) is 13.6. The van der Waals surface area contributed by atoms with E-state index in [0.29, 0.717) is 0 Å². The average molecular weight is 358 g/mol. The van der Waals surface area contributed by atoms with Gasteiger partial charge < -0.3 is 15.5 Å². The van der Waals surface area contributed by atoms with E-state index in [4.69, 9.17) is 0 Å². The van der Waals surface area contributed by atoms with Crippen molar-refractivity contribution in [2.24, 2.45) is 4.99 Å². The monoisotopic (exact) mass is 357 g/mol. The highest BCUT2D eigenvalue weighted by atomic mass is 15.3. The van der Waals surface area contributed by atoms with Crippen LogP contribution in [0.3, 0.4) is 0 Å². The number of aliphatic imine (C=N–C) groups is 1. The highest BCUT2D eigenvalue weighted by Crippen LogP contribution is 2.05.